The number of benzene rings is 1. The Kier molecular flexibility index (Phi) is 6.34. The molecule has 1 N–H and O–H groups in total. The van der Waals surface area contributed by atoms with Crippen LogP contribution in [0, 0.1) is 6.92 Å². The third-order valence-electron chi connectivity index (χ3n) is 3.85. The van der Waals surface area contributed by atoms with Gasteiger partial charge in [-0.3, -0.25) is 15.0 Å². The SMILES string of the molecule is COc1cccc(C(=O)NN(C(=O)c2cc(Cl)nc(Cl)c2)C(C)(C)C)c1C. The highest BCUT2D eigenvalue weighted by atomic mass is 35.5. The van der Waals surface area contributed by atoms with Crippen molar-refractivity contribution in [1.82, 2.24) is 15.4 Å². The fourth-order valence-corrected chi connectivity index (χ4v) is 2.94. The number of halogens is 2. The molecule has 0 saturated heterocycles. The van der Waals surface area contributed by atoms with Crippen molar-refractivity contribution in [2.24, 2.45) is 0 Å². The summed E-state index contributed by atoms with van der Waals surface area (Å²) in [5, 5.41) is 1.43. The predicted molar refractivity (Wildman–Crippen MR) is 105 cm³/mol. The molecule has 0 bridgehead atoms. The van der Waals surface area contributed by atoms with E-state index in [9.17, 15) is 9.59 Å². The summed E-state index contributed by atoms with van der Waals surface area (Å²) in [7, 11) is 1.53. The van der Waals surface area contributed by atoms with Crippen LogP contribution in [-0.4, -0.2) is 34.5 Å². The molecule has 0 radical (unpaired) electrons. The Bertz CT molecular complexity index is 859. The molecule has 0 fully saturated rings. The van der Waals surface area contributed by atoms with E-state index in [4.69, 9.17) is 27.9 Å². The number of hydrazine groups is 1. The van der Waals surface area contributed by atoms with Crippen LogP contribution in [-0.2, 0) is 0 Å². The van der Waals surface area contributed by atoms with Crippen LogP contribution < -0.4 is 10.2 Å². The molecular formula is C19H21Cl2N3O3. The summed E-state index contributed by atoms with van der Waals surface area (Å²) in [6, 6.07) is 7.94. The molecule has 0 atom stereocenters. The Hall–Kier alpha value is -2.31. The molecule has 6 nitrogen and oxygen atoms in total. The number of rotatable bonds is 3. The highest BCUT2D eigenvalue weighted by Crippen LogP contribution is 2.23. The average Bonchev–Trinajstić information content (AvgIpc) is 2.57. The lowest BCUT2D eigenvalue weighted by atomic mass is 10.1. The molecule has 0 saturated carbocycles. The van der Waals surface area contributed by atoms with E-state index < -0.39 is 17.4 Å². The first-order valence-electron chi connectivity index (χ1n) is 8.17. The van der Waals surface area contributed by atoms with E-state index in [1.54, 1.807) is 45.9 Å². The Morgan fingerprint density at radius 1 is 1.15 bits per heavy atom. The predicted octanol–water partition coefficient (Wildman–Crippen LogP) is 4.29. The van der Waals surface area contributed by atoms with Crippen molar-refractivity contribution in [2.75, 3.05) is 7.11 Å². The van der Waals surface area contributed by atoms with Gasteiger partial charge < -0.3 is 4.74 Å². The van der Waals surface area contributed by atoms with Crippen LogP contribution in [0.25, 0.3) is 0 Å². The van der Waals surface area contributed by atoms with Gasteiger partial charge in [0.2, 0.25) is 0 Å². The van der Waals surface area contributed by atoms with Crippen LogP contribution in [0.4, 0.5) is 0 Å². The number of ether oxygens (including phenoxy) is 1. The smallest absolute Gasteiger partial charge is 0.273 e. The second-order valence-corrected chi connectivity index (χ2v) is 7.66. The lowest BCUT2D eigenvalue weighted by Crippen LogP contribution is -2.56. The first kappa shape index (κ1) is 21.0. The van der Waals surface area contributed by atoms with Gasteiger partial charge in [-0.05, 0) is 52.0 Å². The van der Waals surface area contributed by atoms with Crippen LogP contribution in [0.2, 0.25) is 10.3 Å². The molecule has 0 spiro atoms. The average molecular weight is 410 g/mol. The summed E-state index contributed by atoms with van der Waals surface area (Å²) >= 11 is 11.8. The molecule has 0 aliphatic rings. The first-order valence-corrected chi connectivity index (χ1v) is 8.92. The van der Waals surface area contributed by atoms with Crippen LogP contribution in [0.15, 0.2) is 30.3 Å². The number of hydrogen-bond acceptors (Lipinski definition) is 4. The Morgan fingerprint density at radius 3 is 2.26 bits per heavy atom. The summed E-state index contributed by atoms with van der Waals surface area (Å²) in [5.74, 6) is -0.299. The minimum absolute atomic E-state index is 0.0923. The molecule has 144 valence electrons. The van der Waals surface area contributed by atoms with E-state index >= 15 is 0 Å². The quantitative estimate of drug-likeness (QED) is 0.605. The van der Waals surface area contributed by atoms with Crippen molar-refractivity contribution in [3.05, 3.63) is 57.3 Å². The lowest BCUT2D eigenvalue weighted by molar-refractivity contribution is 0.0358. The number of pyridine rings is 1. The number of carbonyl (C=O) groups is 2. The summed E-state index contributed by atoms with van der Waals surface area (Å²) < 4.78 is 5.25. The van der Waals surface area contributed by atoms with Gasteiger partial charge in [-0.25, -0.2) is 9.99 Å². The van der Waals surface area contributed by atoms with Gasteiger partial charge >= 0.3 is 0 Å². The van der Waals surface area contributed by atoms with Crippen LogP contribution in [0.1, 0.15) is 47.1 Å². The normalized spacial score (nSPS) is 11.1. The lowest BCUT2D eigenvalue weighted by Gasteiger charge is -2.35. The molecule has 2 amide bonds. The van der Waals surface area contributed by atoms with Gasteiger partial charge in [0.05, 0.1) is 12.6 Å². The second kappa shape index (κ2) is 8.15. The fourth-order valence-electron chi connectivity index (χ4n) is 2.48. The van der Waals surface area contributed by atoms with Crippen molar-refractivity contribution in [1.29, 1.82) is 0 Å². The van der Waals surface area contributed by atoms with Gasteiger partial charge in [0.25, 0.3) is 11.8 Å². The highest BCUT2D eigenvalue weighted by Gasteiger charge is 2.30. The Morgan fingerprint density at radius 2 is 1.74 bits per heavy atom. The number of methoxy groups -OCH3 is 1. The Balaban J connectivity index is 2.38. The molecule has 2 rings (SSSR count). The molecule has 1 heterocycles. The van der Waals surface area contributed by atoms with Gasteiger partial charge in [0.1, 0.15) is 16.1 Å². The van der Waals surface area contributed by atoms with E-state index in [2.05, 4.69) is 10.4 Å². The number of nitrogens with zero attached hydrogens (tertiary/aromatic N) is 2. The second-order valence-electron chi connectivity index (χ2n) is 6.89. The zero-order chi connectivity index (χ0) is 20.4. The maximum absolute atomic E-state index is 13.0. The van der Waals surface area contributed by atoms with Crippen molar-refractivity contribution in [2.45, 2.75) is 33.2 Å². The number of carbonyl (C=O) groups excluding carboxylic acids is 2. The van der Waals surface area contributed by atoms with E-state index in [-0.39, 0.29) is 15.9 Å². The van der Waals surface area contributed by atoms with Crippen LogP contribution >= 0.6 is 23.2 Å². The molecule has 1 aromatic carbocycles. The van der Waals surface area contributed by atoms with Gasteiger partial charge in [0, 0.05) is 16.7 Å². The number of aromatic nitrogens is 1. The molecule has 0 unspecified atom stereocenters. The van der Waals surface area contributed by atoms with Crippen LogP contribution in [0.3, 0.4) is 0 Å². The third-order valence-corrected chi connectivity index (χ3v) is 4.23. The summed E-state index contributed by atoms with van der Waals surface area (Å²) in [6.45, 7) is 7.18. The first-order chi connectivity index (χ1) is 12.5. The monoisotopic (exact) mass is 409 g/mol. The standard InChI is InChI=1S/C19H21Cl2N3O3/c1-11-13(7-6-8-14(11)27-5)17(25)23-24(19(2,3)4)18(26)12-9-15(20)22-16(21)10-12/h6-10H,1-5H3,(H,23,25). The van der Waals surface area contributed by atoms with Crippen molar-refractivity contribution in [3.8, 4) is 5.75 Å². The van der Waals surface area contributed by atoms with Crippen molar-refractivity contribution >= 4 is 35.0 Å². The topological polar surface area (TPSA) is 71.5 Å². The summed E-state index contributed by atoms with van der Waals surface area (Å²) in [5.41, 5.74) is 3.28. The van der Waals surface area contributed by atoms with Gasteiger partial charge in [-0.15, -0.1) is 0 Å². The van der Waals surface area contributed by atoms with Gasteiger partial charge in [-0.2, -0.15) is 0 Å². The zero-order valence-corrected chi connectivity index (χ0v) is 17.3. The van der Waals surface area contributed by atoms with Crippen molar-refractivity contribution in [3.63, 3.8) is 0 Å². The molecule has 8 heteroatoms. The number of amides is 2. The molecule has 1 aromatic heterocycles. The van der Waals surface area contributed by atoms with E-state index in [1.165, 1.54) is 24.3 Å². The number of nitrogens with one attached hydrogen (secondary N) is 1. The van der Waals surface area contributed by atoms with Crippen LogP contribution in [0.5, 0.6) is 5.75 Å². The zero-order valence-electron chi connectivity index (χ0n) is 15.8. The maximum Gasteiger partial charge on any atom is 0.273 e. The highest BCUT2D eigenvalue weighted by molar-refractivity contribution is 6.33. The number of hydrogen-bond donors (Lipinski definition) is 1. The molecule has 2 aromatic rings. The largest absolute Gasteiger partial charge is 0.496 e. The van der Waals surface area contributed by atoms with E-state index in [1.807, 2.05) is 0 Å². The molecule has 0 aliphatic carbocycles. The van der Waals surface area contributed by atoms with Crippen molar-refractivity contribution < 1.29 is 14.3 Å². The third kappa shape index (κ3) is 4.90. The minimum atomic E-state index is -0.707. The summed E-state index contributed by atoms with van der Waals surface area (Å²) in [4.78, 5) is 29.7. The Labute approximate surface area is 168 Å². The van der Waals surface area contributed by atoms with Gasteiger partial charge in [-0.1, -0.05) is 29.3 Å². The maximum atomic E-state index is 13.0. The fraction of sp³-hybridized carbons (Fsp3) is 0.316. The van der Waals surface area contributed by atoms with Gasteiger partial charge in [0.15, 0.2) is 0 Å². The molecule has 27 heavy (non-hydrogen) atoms. The van der Waals surface area contributed by atoms with E-state index in [0.717, 1.165) is 0 Å². The van der Waals surface area contributed by atoms with E-state index in [0.29, 0.717) is 16.9 Å². The summed E-state index contributed by atoms with van der Waals surface area (Å²) in [6.07, 6.45) is 0. The molecule has 0 aliphatic heterocycles. The minimum Gasteiger partial charge on any atom is -0.496 e. The molecular weight excluding hydrogens is 389 g/mol.